The van der Waals surface area contributed by atoms with Crippen molar-refractivity contribution in [3.63, 3.8) is 0 Å². The molecule has 2 aromatic carbocycles. The molecule has 0 unspecified atom stereocenters. The summed E-state index contributed by atoms with van der Waals surface area (Å²) in [6.45, 7) is 5.24. The number of carbonyl (C=O) groups excluding carboxylic acids is 2. The molecular formula is C23H29N3O2. The Morgan fingerprint density at radius 2 is 1.75 bits per heavy atom. The molecule has 1 saturated heterocycles. The van der Waals surface area contributed by atoms with Crippen molar-refractivity contribution in [1.29, 1.82) is 0 Å². The molecule has 0 radical (unpaired) electrons. The molecule has 1 fully saturated rings. The minimum atomic E-state index is -0.172. The first-order chi connectivity index (χ1) is 13.5. The highest BCUT2D eigenvalue weighted by Gasteiger charge is 2.28. The Kier molecular flexibility index (Phi) is 6.47. The molecule has 0 saturated carbocycles. The number of carbonyl (C=O) groups is 2. The molecule has 1 atom stereocenters. The third kappa shape index (κ3) is 4.78. The van der Waals surface area contributed by atoms with E-state index in [2.05, 4.69) is 22.3 Å². The first kappa shape index (κ1) is 20.1. The third-order valence-electron chi connectivity index (χ3n) is 5.44. The van der Waals surface area contributed by atoms with Crippen LogP contribution in [0, 0.1) is 13.8 Å². The lowest BCUT2D eigenvalue weighted by atomic mass is 10.0. The van der Waals surface area contributed by atoms with Gasteiger partial charge < -0.3 is 10.2 Å². The van der Waals surface area contributed by atoms with Crippen LogP contribution >= 0.6 is 0 Å². The van der Waals surface area contributed by atoms with Gasteiger partial charge in [0.15, 0.2) is 0 Å². The van der Waals surface area contributed by atoms with Gasteiger partial charge in [0.1, 0.15) is 0 Å². The SMILES string of the molecule is Cc1cccc(C)c1NC(=O)CN(C)C(=O)CN1CCC[C@@H]1c1ccccc1. The average Bonchev–Trinajstić information content (AvgIpc) is 3.13. The van der Waals surface area contributed by atoms with E-state index in [0.29, 0.717) is 6.54 Å². The summed E-state index contributed by atoms with van der Waals surface area (Å²) >= 11 is 0. The highest BCUT2D eigenvalue weighted by Crippen LogP contribution is 2.31. The van der Waals surface area contributed by atoms with Crippen LogP contribution in [0.25, 0.3) is 0 Å². The summed E-state index contributed by atoms with van der Waals surface area (Å²) in [5, 5.41) is 2.95. The van der Waals surface area contributed by atoms with Gasteiger partial charge in [-0.3, -0.25) is 14.5 Å². The fourth-order valence-corrected chi connectivity index (χ4v) is 3.86. The molecule has 1 aliphatic heterocycles. The Hall–Kier alpha value is -2.66. The normalized spacial score (nSPS) is 16.8. The summed E-state index contributed by atoms with van der Waals surface area (Å²) in [4.78, 5) is 28.9. The number of hydrogen-bond acceptors (Lipinski definition) is 3. The van der Waals surface area contributed by atoms with Crippen LogP contribution in [-0.2, 0) is 9.59 Å². The van der Waals surface area contributed by atoms with Crippen molar-refractivity contribution < 1.29 is 9.59 Å². The van der Waals surface area contributed by atoms with Crippen LogP contribution < -0.4 is 5.32 Å². The van der Waals surface area contributed by atoms with Gasteiger partial charge in [0.05, 0.1) is 13.1 Å². The average molecular weight is 380 g/mol. The Morgan fingerprint density at radius 3 is 2.43 bits per heavy atom. The number of likely N-dealkylation sites (N-methyl/N-ethyl adjacent to an activating group) is 1. The van der Waals surface area contributed by atoms with Crippen molar-refractivity contribution >= 4 is 17.5 Å². The number of benzene rings is 2. The van der Waals surface area contributed by atoms with Gasteiger partial charge in [-0.05, 0) is 49.9 Å². The highest BCUT2D eigenvalue weighted by molar-refractivity contribution is 5.95. The summed E-state index contributed by atoms with van der Waals surface area (Å²) in [6.07, 6.45) is 2.15. The van der Waals surface area contributed by atoms with Crippen molar-refractivity contribution in [3.8, 4) is 0 Å². The van der Waals surface area contributed by atoms with Gasteiger partial charge in [0, 0.05) is 18.8 Å². The van der Waals surface area contributed by atoms with E-state index in [-0.39, 0.29) is 24.4 Å². The molecule has 0 bridgehead atoms. The number of likely N-dealkylation sites (tertiary alicyclic amines) is 1. The zero-order valence-electron chi connectivity index (χ0n) is 16.9. The number of amides is 2. The van der Waals surface area contributed by atoms with Gasteiger partial charge in [-0.25, -0.2) is 0 Å². The van der Waals surface area contributed by atoms with E-state index in [0.717, 1.165) is 36.2 Å². The van der Waals surface area contributed by atoms with Crippen LogP contribution in [0.1, 0.15) is 35.6 Å². The minimum absolute atomic E-state index is 0.0283. The number of nitrogens with zero attached hydrogens (tertiary/aromatic N) is 2. The van der Waals surface area contributed by atoms with Crippen LogP contribution in [0.3, 0.4) is 0 Å². The van der Waals surface area contributed by atoms with Crippen LogP contribution in [-0.4, -0.2) is 48.3 Å². The molecule has 2 amide bonds. The van der Waals surface area contributed by atoms with Crippen LogP contribution in [0.4, 0.5) is 5.69 Å². The van der Waals surface area contributed by atoms with E-state index in [4.69, 9.17) is 0 Å². The van der Waals surface area contributed by atoms with E-state index >= 15 is 0 Å². The van der Waals surface area contributed by atoms with E-state index in [1.165, 1.54) is 10.5 Å². The lowest BCUT2D eigenvalue weighted by Gasteiger charge is -2.26. The molecule has 2 aromatic rings. The van der Waals surface area contributed by atoms with E-state index in [1.54, 1.807) is 7.05 Å². The van der Waals surface area contributed by atoms with E-state index in [1.807, 2.05) is 50.2 Å². The van der Waals surface area contributed by atoms with Crippen molar-refractivity contribution in [2.45, 2.75) is 32.7 Å². The molecule has 1 heterocycles. The van der Waals surface area contributed by atoms with Crippen LogP contribution in [0.5, 0.6) is 0 Å². The molecule has 1 N–H and O–H groups in total. The zero-order chi connectivity index (χ0) is 20.1. The molecule has 5 heteroatoms. The predicted molar refractivity (Wildman–Crippen MR) is 112 cm³/mol. The Labute approximate surface area is 167 Å². The lowest BCUT2D eigenvalue weighted by molar-refractivity contribution is -0.134. The molecule has 3 rings (SSSR count). The number of rotatable bonds is 6. The van der Waals surface area contributed by atoms with E-state index in [9.17, 15) is 9.59 Å². The number of nitrogens with one attached hydrogen (secondary N) is 1. The highest BCUT2D eigenvalue weighted by atomic mass is 16.2. The first-order valence-corrected chi connectivity index (χ1v) is 9.84. The second kappa shape index (κ2) is 9.02. The fraction of sp³-hybridized carbons (Fsp3) is 0.391. The maximum atomic E-state index is 12.7. The predicted octanol–water partition coefficient (Wildman–Crippen LogP) is 3.54. The van der Waals surface area contributed by atoms with E-state index < -0.39 is 0 Å². The number of hydrogen-bond donors (Lipinski definition) is 1. The second-order valence-corrected chi connectivity index (χ2v) is 7.60. The molecule has 0 aromatic heterocycles. The Balaban J connectivity index is 1.56. The van der Waals surface area contributed by atoms with Gasteiger partial charge in [-0.2, -0.15) is 0 Å². The number of aryl methyl sites for hydroxylation is 2. The van der Waals surface area contributed by atoms with Gasteiger partial charge >= 0.3 is 0 Å². The van der Waals surface area contributed by atoms with Gasteiger partial charge in [0.25, 0.3) is 0 Å². The second-order valence-electron chi connectivity index (χ2n) is 7.60. The van der Waals surface area contributed by atoms with Gasteiger partial charge in [0.2, 0.25) is 11.8 Å². The zero-order valence-corrected chi connectivity index (χ0v) is 16.9. The van der Waals surface area contributed by atoms with Crippen molar-refractivity contribution in [1.82, 2.24) is 9.80 Å². The van der Waals surface area contributed by atoms with Gasteiger partial charge in [-0.15, -0.1) is 0 Å². The van der Waals surface area contributed by atoms with Crippen LogP contribution in [0.15, 0.2) is 48.5 Å². The third-order valence-corrected chi connectivity index (χ3v) is 5.44. The maximum absolute atomic E-state index is 12.7. The molecule has 28 heavy (non-hydrogen) atoms. The largest absolute Gasteiger partial charge is 0.335 e. The Morgan fingerprint density at radius 1 is 1.07 bits per heavy atom. The lowest BCUT2D eigenvalue weighted by Crippen LogP contribution is -2.41. The summed E-state index contributed by atoms with van der Waals surface area (Å²) in [5.74, 6) is -0.200. The number of anilines is 1. The van der Waals surface area contributed by atoms with Crippen molar-refractivity contribution in [2.75, 3.05) is 32.0 Å². The summed E-state index contributed by atoms with van der Waals surface area (Å²) in [5.41, 5.74) is 4.12. The maximum Gasteiger partial charge on any atom is 0.243 e. The Bertz CT molecular complexity index is 815. The summed E-state index contributed by atoms with van der Waals surface area (Å²) in [7, 11) is 1.69. The molecule has 148 valence electrons. The van der Waals surface area contributed by atoms with Crippen molar-refractivity contribution in [3.05, 3.63) is 65.2 Å². The number of para-hydroxylation sites is 1. The fourth-order valence-electron chi connectivity index (χ4n) is 3.86. The van der Waals surface area contributed by atoms with Crippen LogP contribution in [0.2, 0.25) is 0 Å². The molecule has 0 spiro atoms. The first-order valence-electron chi connectivity index (χ1n) is 9.84. The summed E-state index contributed by atoms with van der Waals surface area (Å²) in [6, 6.07) is 16.5. The smallest absolute Gasteiger partial charge is 0.243 e. The molecular weight excluding hydrogens is 350 g/mol. The summed E-state index contributed by atoms with van der Waals surface area (Å²) < 4.78 is 0. The topological polar surface area (TPSA) is 52.7 Å². The molecule has 1 aliphatic rings. The monoisotopic (exact) mass is 379 g/mol. The van der Waals surface area contributed by atoms with Gasteiger partial charge in [-0.1, -0.05) is 48.5 Å². The van der Waals surface area contributed by atoms with Crippen molar-refractivity contribution in [2.24, 2.45) is 0 Å². The standard InChI is InChI=1S/C23H29N3O2/c1-17-9-7-10-18(2)23(17)24-21(27)15-25(3)22(28)16-26-14-8-13-20(26)19-11-5-4-6-12-19/h4-7,9-12,20H,8,13-16H2,1-3H3,(H,24,27)/t20-/m1/s1. The quantitative estimate of drug-likeness (QED) is 0.835. The molecule has 5 nitrogen and oxygen atoms in total. The molecule has 0 aliphatic carbocycles. The minimum Gasteiger partial charge on any atom is -0.335 e.